The lowest BCUT2D eigenvalue weighted by Gasteiger charge is -2.20. The van der Waals surface area contributed by atoms with E-state index in [1.807, 2.05) is 6.07 Å². The van der Waals surface area contributed by atoms with Crippen LogP contribution in [0.15, 0.2) is 21.5 Å². The van der Waals surface area contributed by atoms with Crippen molar-refractivity contribution in [3.05, 3.63) is 16.6 Å². The number of hydrogen-bond acceptors (Lipinski definition) is 5. The zero-order valence-corrected chi connectivity index (χ0v) is 13.8. The Morgan fingerprint density at radius 3 is 2.65 bits per heavy atom. The van der Waals surface area contributed by atoms with E-state index in [1.165, 1.54) is 26.3 Å². The number of hydrogen-bond donors (Lipinski definition) is 1. The molecule has 0 saturated carbocycles. The van der Waals surface area contributed by atoms with Crippen molar-refractivity contribution in [2.24, 2.45) is 5.92 Å². The van der Waals surface area contributed by atoms with Gasteiger partial charge in [0.1, 0.15) is 10.6 Å². The molecule has 1 unspecified atom stereocenters. The molecule has 2 N–H and O–H groups in total. The van der Waals surface area contributed by atoms with Crippen LogP contribution in [-0.4, -0.2) is 33.4 Å². The molecule has 0 bridgehead atoms. The Hall–Kier alpha value is -1.30. The summed E-state index contributed by atoms with van der Waals surface area (Å²) in [4.78, 5) is -0.0201. The summed E-state index contributed by atoms with van der Waals surface area (Å²) in [5, 5.41) is 8.78. The predicted octanol–water partition coefficient (Wildman–Crippen LogP) is 1.82. The van der Waals surface area contributed by atoms with Crippen molar-refractivity contribution < 1.29 is 13.2 Å². The molecular weight excluding hydrogens is 346 g/mol. The van der Waals surface area contributed by atoms with Crippen molar-refractivity contribution in [2.45, 2.75) is 11.8 Å². The summed E-state index contributed by atoms with van der Waals surface area (Å²) in [6.45, 7) is 1.75. The van der Waals surface area contributed by atoms with Crippen LogP contribution in [0.3, 0.4) is 0 Å². The fraction of sp³-hybridized carbons (Fsp3) is 0.417. The van der Waals surface area contributed by atoms with Gasteiger partial charge in [-0.25, -0.2) is 8.42 Å². The van der Waals surface area contributed by atoms with Crippen LogP contribution in [0.25, 0.3) is 0 Å². The van der Waals surface area contributed by atoms with Crippen LogP contribution >= 0.6 is 15.9 Å². The highest BCUT2D eigenvalue weighted by Gasteiger charge is 2.27. The van der Waals surface area contributed by atoms with Crippen LogP contribution in [0.1, 0.15) is 6.92 Å². The number of nitriles is 1. The minimum atomic E-state index is -3.77. The van der Waals surface area contributed by atoms with E-state index in [-0.39, 0.29) is 17.2 Å². The lowest BCUT2D eigenvalue weighted by Crippen LogP contribution is -2.31. The molecule has 0 fully saturated rings. The summed E-state index contributed by atoms with van der Waals surface area (Å²) in [5.74, 6) is -0.212. The number of sulfonamides is 1. The Morgan fingerprint density at radius 1 is 1.55 bits per heavy atom. The van der Waals surface area contributed by atoms with Crippen LogP contribution in [0, 0.1) is 17.2 Å². The van der Waals surface area contributed by atoms with Crippen molar-refractivity contribution >= 4 is 31.6 Å². The van der Waals surface area contributed by atoms with E-state index >= 15 is 0 Å². The number of rotatable bonds is 5. The highest BCUT2D eigenvalue weighted by Crippen LogP contribution is 2.33. The second-order valence-electron chi connectivity index (χ2n) is 4.34. The minimum absolute atomic E-state index is 0.0201. The Morgan fingerprint density at radius 2 is 2.15 bits per heavy atom. The average Bonchev–Trinajstić information content (AvgIpc) is 2.40. The molecule has 0 saturated heterocycles. The highest BCUT2D eigenvalue weighted by atomic mass is 79.9. The smallest absolute Gasteiger partial charge is 0.246 e. The summed E-state index contributed by atoms with van der Waals surface area (Å²) in [6, 6.07) is 4.84. The lowest BCUT2D eigenvalue weighted by atomic mass is 10.2. The molecule has 0 aromatic heterocycles. The summed E-state index contributed by atoms with van der Waals surface area (Å²) in [7, 11) is -0.968. The van der Waals surface area contributed by atoms with Crippen LogP contribution in [0.2, 0.25) is 0 Å². The number of nitrogens with two attached hydrogens (primary N) is 1. The largest absolute Gasteiger partial charge is 0.495 e. The third-order valence-corrected chi connectivity index (χ3v) is 5.25. The van der Waals surface area contributed by atoms with Gasteiger partial charge in [-0.3, -0.25) is 0 Å². The number of halogens is 1. The van der Waals surface area contributed by atoms with Crippen LogP contribution < -0.4 is 10.5 Å². The second-order valence-corrected chi connectivity index (χ2v) is 7.21. The van der Waals surface area contributed by atoms with Crippen molar-refractivity contribution in [3.63, 3.8) is 0 Å². The predicted molar refractivity (Wildman–Crippen MR) is 79.7 cm³/mol. The summed E-state index contributed by atoms with van der Waals surface area (Å²) >= 11 is 3.22. The third kappa shape index (κ3) is 3.42. The standard InChI is InChI=1S/C12H16BrN3O3S/c1-8(6-14)7-16(2)20(17,18)12-5-10(15)9(13)4-11(12)19-3/h4-5,8H,7,15H2,1-3H3. The Labute approximate surface area is 127 Å². The number of nitrogen functional groups attached to an aromatic ring is 1. The van der Waals surface area contributed by atoms with Gasteiger partial charge < -0.3 is 10.5 Å². The number of anilines is 1. The second kappa shape index (κ2) is 6.43. The molecule has 1 aromatic carbocycles. The monoisotopic (exact) mass is 361 g/mol. The Bertz CT molecular complexity index is 640. The maximum Gasteiger partial charge on any atom is 0.246 e. The maximum absolute atomic E-state index is 12.5. The zero-order valence-electron chi connectivity index (χ0n) is 11.4. The quantitative estimate of drug-likeness (QED) is 0.806. The molecule has 6 nitrogen and oxygen atoms in total. The number of ether oxygens (including phenoxy) is 1. The summed E-state index contributed by atoms with van der Waals surface area (Å²) in [6.07, 6.45) is 0. The van der Waals surface area contributed by atoms with Crippen LogP contribution in [0.4, 0.5) is 5.69 Å². The zero-order chi connectivity index (χ0) is 15.5. The molecule has 0 aliphatic heterocycles. The Balaban J connectivity index is 3.29. The van der Waals surface area contributed by atoms with Gasteiger partial charge in [-0.1, -0.05) is 0 Å². The van der Waals surface area contributed by atoms with Crippen LogP contribution in [0.5, 0.6) is 5.75 Å². The van der Waals surface area contributed by atoms with Gasteiger partial charge in [0.25, 0.3) is 0 Å². The van der Waals surface area contributed by atoms with Gasteiger partial charge in [0.2, 0.25) is 10.0 Å². The molecular formula is C12H16BrN3O3S. The summed E-state index contributed by atoms with van der Waals surface area (Å²) in [5.41, 5.74) is 6.03. The molecule has 0 heterocycles. The lowest BCUT2D eigenvalue weighted by molar-refractivity contribution is 0.395. The van der Waals surface area contributed by atoms with E-state index in [1.54, 1.807) is 6.92 Å². The first kappa shape index (κ1) is 16.8. The molecule has 8 heteroatoms. The van der Waals surface area contributed by atoms with Gasteiger partial charge in [-0.15, -0.1) is 0 Å². The number of methoxy groups -OCH3 is 1. The first-order valence-corrected chi connectivity index (χ1v) is 7.96. The Kier molecular flexibility index (Phi) is 5.39. The number of nitrogens with zero attached hydrogens (tertiary/aromatic N) is 2. The van der Waals surface area contributed by atoms with E-state index < -0.39 is 15.9 Å². The van der Waals surface area contributed by atoms with Crippen molar-refractivity contribution in [3.8, 4) is 11.8 Å². The van der Waals surface area contributed by atoms with E-state index in [9.17, 15) is 8.42 Å². The molecule has 0 amide bonds. The molecule has 1 atom stereocenters. The van der Waals surface area contributed by atoms with Crippen molar-refractivity contribution in [2.75, 3.05) is 26.4 Å². The van der Waals surface area contributed by atoms with Crippen molar-refractivity contribution in [1.82, 2.24) is 4.31 Å². The maximum atomic E-state index is 12.5. The first-order valence-electron chi connectivity index (χ1n) is 5.73. The van der Waals surface area contributed by atoms with E-state index in [2.05, 4.69) is 15.9 Å². The molecule has 0 radical (unpaired) electrons. The first-order chi connectivity index (χ1) is 9.23. The molecule has 0 aliphatic rings. The van der Waals surface area contributed by atoms with Gasteiger partial charge in [-0.2, -0.15) is 9.57 Å². The molecule has 0 spiro atoms. The molecule has 110 valence electrons. The minimum Gasteiger partial charge on any atom is -0.495 e. The molecule has 20 heavy (non-hydrogen) atoms. The normalized spacial score (nSPS) is 13.0. The topological polar surface area (TPSA) is 96.4 Å². The van der Waals surface area contributed by atoms with Gasteiger partial charge in [0.15, 0.2) is 0 Å². The fourth-order valence-corrected chi connectivity index (χ4v) is 3.35. The van der Waals surface area contributed by atoms with E-state index in [0.717, 1.165) is 4.31 Å². The van der Waals surface area contributed by atoms with Gasteiger partial charge in [0, 0.05) is 23.8 Å². The van der Waals surface area contributed by atoms with Gasteiger partial charge in [-0.05, 0) is 35.0 Å². The SMILES string of the molecule is COc1cc(Br)c(N)cc1S(=O)(=O)N(C)CC(C)C#N. The van der Waals surface area contributed by atoms with Crippen molar-refractivity contribution in [1.29, 1.82) is 5.26 Å². The molecule has 1 rings (SSSR count). The van der Waals surface area contributed by atoms with E-state index in [0.29, 0.717) is 10.2 Å². The van der Waals surface area contributed by atoms with E-state index in [4.69, 9.17) is 15.7 Å². The number of benzene rings is 1. The molecule has 1 aromatic rings. The summed E-state index contributed by atoms with van der Waals surface area (Å²) < 4.78 is 31.8. The fourth-order valence-electron chi connectivity index (χ4n) is 1.60. The molecule has 0 aliphatic carbocycles. The van der Waals surface area contributed by atoms with Gasteiger partial charge >= 0.3 is 0 Å². The van der Waals surface area contributed by atoms with Gasteiger partial charge in [0.05, 0.1) is 19.1 Å². The highest BCUT2D eigenvalue weighted by molar-refractivity contribution is 9.10. The van der Waals surface area contributed by atoms with Crippen LogP contribution in [-0.2, 0) is 10.0 Å². The third-order valence-electron chi connectivity index (χ3n) is 2.72. The average molecular weight is 362 g/mol.